The van der Waals surface area contributed by atoms with Crippen LogP contribution in [0.4, 0.5) is 0 Å². The summed E-state index contributed by atoms with van der Waals surface area (Å²) in [5, 5.41) is 10.2. The summed E-state index contributed by atoms with van der Waals surface area (Å²) in [6.07, 6.45) is 0. The summed E-state index contributed by atoms with van der Waals surface area (Å²) >= 11 is 0. The fourth-order valence-electron chi connectivity index (χ4n) is 2.07. The smallest absolute Gasteiger partial charge is 0.211 e. The van der Waals surface area contributed by atoms with E-state index in [1.54, 1.807) is 18.2 Å². The van der Waals surface area contributed by atoms with Crippen LogP contribution in [0.15, 0.2) is 47.3 Å². The molecule has 0 aliphatic carbocycles. The highest BCUT2D eigenvalue weighted by Gasteiger charge is 2.21. The fraction of sp³-hybridized carbons (Fsp3) is 0. The van der Waals surface area contributed by atoms with Gasteiger partial charge in [0.25, 0.3) is 0 Å². The fourth-order valence-corrected chi connectivity index (χ4v) is 4.23. The van der Waals surface area contributed by atoms with E-state index in [1.165, 1.54) is 0 Å². The van der Waals surface area contributed by atoms with Gasteiger partial charge in [-0.05, 0) is 12.1 Å². The topological polar surface area (TPSA) is 40.9 Å². The maximum atomic E-state index is 12.4. The van der Waals surface area contributed by atoms with E-state index in [0.29, 0.717) is 16.3 Å². The second kappa shape index (κ2) is 4.09. The van der Waals surface area contributed by atoms with Crippen molar-refractivity contribution in [1.29, 1.82) is 5.26 Å². The van der Waals surface area contributed by atoms with Gasteiger partial charge in [-0.15, -0.1) is 0 Å². The van der Waals surface area contributed by atoms with E-state index in [4.69, 9.17) is 15.9 Å². The third kappa shape index (κ3) is 1.43. The van der Waals surface area contributed by atoms with Gasteiger partial charge in [-0.1, -0.05) is 18.2 Å². The quantitative estimate of drug-likeness (QED) is 0.459. The highest BCUT2D eigenvalue weighted by atomic mass is 35.7. The van der Waals surface area contributed by atoms with E-state index in [-0.39, 0.29) is 5.43 Å². The third-order valence-corrected chi connectivity index (χ3v) is 5.36. The van der Waals surface area contributed by atoms with Crippen LogP contribution in [0.1, 0.15) is 5.56 Å². The molecule has 0 saturated heterocycles. The normalized spacial score (nSPS) is 11.7. The number of hydrogen-bond donors (Lipinski definition) is 0. The summed E-state index contributed by atoms with van der Waals surface area (Å²) in [6, 6.07) is 14.6. The Morgan fingerprint density at radius 1 is 1.06 bits per heavy atom. The summed E-state index contributed by atoms with van der Waals surface area (Å²) in [4.78, 5) is 12.4. The average Bonchev–Trinajstić information content (AvgIpc) is 2.44. The van der Waals surface area contributed by atoms with Gasteiger partial charge in [0.05, 0.1) is 10.9 Å². The molecule has 3 aromatic rings. The van der Waals surface area contributed by atoms with Gasteiger partial charge >= 0.3 is 0 Å². The standard InChI is InChI=1S/C14H7ClNOS/c15-18-11-6-2-1-5-10(11)14(17)13-9(8-16)4-3-7-12(13)18/h1-7H/q+1. The minimum Gasteiger partial charge on any atom is -0.288 e. The Hall–Kier alpha value is -1.89. The zero-order valence-corrected chi connectivity index (χ0v) is 10.8. The van der Waals surface area contributed by atoms with E-state index in [2.05, 4.69) is 6.07 Å². The van der Waals surface area contributed by atoms with Gasteiger partial charge in [0.2, 0.25) is 25.5 Å². The Balaban J connectivity index is 2.73. The molecule has 0 fully saturated rings. The Bertz CT molecular complexity index is 876. The molecular formula is C14H7ClNOS+. The Morgan fingerprint density at radius 3 is 2.56 bits per heavy atom. The SMILES string of the molecule is N#Cc1cccc2c1c(=O)c1ccccc1[s+]2Cl. The summed E-state index contributed by atoms with van der Waals surface area (Å²) in [5.74, 6) is 0. The summed E-state index contributed by atoms with van der Waals surface area (Å²) in [5.41, 5.74) is 0.285. The maximum absolute atomic E-state index is 12.4. The number of benzene rings is 2. The van der Waals surface area contributed by atoms with Crippen molar-refractivity contribution in [1.82, 2.24) is 0 Å². The number of rotatable bonds is 0. The van der Waals surface area contributed by atoms with Crippen LogP contribution in [0, 0.1) is 11.3 Å². The van der Waals surface area contributed by atoms with Crippen molar-refractivity contribution in [3.8, 4) is 6.07 Å². The van der Waals surface area contributed by atoms with Gasteiger partial charge in [0.15, 0.2) is 0 Å². The second-order valence-electron chi connectivity index (χ2n) is 3.87. The van der Waals surface area contributed by atoms with Crippen LogP contribution in [0.3, 0.4) is 0 Å². The second-order valence-corrected chi connectivity index (χ2v) is 6.19. The molecule has 1 heterocycles. The number of halogens is 1. The molecule has 0 radical (unpaired) electrons. The maximum Gasteiger partial charge on any atom is 0.211 e. The lowest BCUT2D eigenvalue weighted by molar-refractivity contribution is 1.50. The van der Waals surface area contributed by atoms with Crippen molar-refractivity contribution >= 4 is 40.5 Å². The number of hydrogen-bond acceptors (Lipinski definition) is 2. The molecule has 1 aromatic heterocycles. The van der Waals surface area contributed by atoms with Crippen LogP contribution in [0.2, 0.25) is 0 Å². The van der Waals surface area contributed by atoms with Crippen LogP contribution in [-0.4, -0.2) is 0 Å². The molecule has 1 atom stereocenters. The average molecular weight is 273 g/mol. The van der Waals surface area contributed by atoms with E-state index < -0.39 is 9.68 Å². The van der Waals surface area contributed by atoms with Crippen LogP contribution in [-0.2, 0) is 0 Å². The Morgan fingerprint density at radius 2 is 1.78 bits per heavy atom. The number of nitrogens with zero attached hydrogens (tertiary/aromatic N) is 1. The summed E-state index contributed by atoms with van der Waals surface area (Å²) < 4.78 is 1.59. The summed E-state index contributed by atoms with van der Waals surface area (Å²) in [6.45, 7) is 0. The van der Waals surface area contributed by atoms with Crippen molar-refractivity contribution in [2.24, 2.45) is 0 Å². The molecule has 1 unspecified atom stereocenters. The summed E-state index contributed by atoms with van der Waals surface area (Å²) in [7, 11) is 5.77. The molecule has 0 bridgehead atoms. The van der Waals surface area contributed by atoms with Crippen molar-refractivity contribution in [3.05, 3.63) is 58.3 Å². The first kappa shape index (κ1) is 11.2. The van der Waals surface area contributed by atoms with Crippen molar-refractivity contribution in [3.63, 3.8) is 0 Å². The molecule has 0 spiro atoms. The van der Waals surface area contributed by atoms with Crippen LogP contribution in [0.25, 0.3) is 20.2 Å². The number of nitriles is 1. The molecular weight excluding hydrogens is 266 g/mol. The largest absolute Gasteiger partial charge is 0.288 e. The first-order chi connectivity index (χ1) is 8.74. The van der Waals surface area contributed by atoms with E-state index in [9.17, 15) is 4.79 Å². The lowest BCUT2D eigenvalue weighted by Gasteiger charge is -1.98. The van der Waals surface area contributed by atoms with E-state index >= 15 is 0 Å². The molecule has 4 heteroatoms. The molecule has 3 rings (SSSR count). The van der Waals surface area contributed by atoms with Gasteiger partial charge in [-0.3, -0.25) is 4.79 Å². The highest BCUT2D eigenvalue weighted by molar-refractivity contribution is 7.69. The lowest BCUT2D eigenvalue weighted by Crippen LogP contribution is -2.03. The van der Waals surface area contributed by atoms with Crippen molar-refractivity contribution in [2.75, 3.05) is 0 Å². The minimum absolute atomic E-state index is 0.109. The predicted octanol–water partition coefficient (Wildman–Crippen LogP) is 3.98. The predicted molar refractivity (Wildman–Crippen MR) is 76.2 cm³/mol. The first-order valence-corrected chi connectivity index (χ1v) is 7.36. The Labute approximate surface area is 110 Å². The lowest BCUT2D eigenvalue weighted by atomic mass is 10.1. The zero-order valence-electron chi connectivity index (χ0n) is 9.18. The molecule has 0 amide bonds. The van der Waals surface area contributed by atoms with Gasteiger partial charge in [-0.25, -0.2) is 0 Å². The molecule has 18 heavy (non-hydrogen) atoms. The number of fused-ring (bicyclic) bond motifs is 2. The molecule has 0 N–H and O–H groups in total. The minimum atomic E-state index is -0.672. The molecule has 2 nitrogen and oxygen atoms in total. The monoisotopic (exact) mass is 272 g/mol. The molecule has 2 aromatic carbocycles. The zero-order chi connectivity index (χ0) is 12.7. The molecule has 0 saturated carbocycles. The third-order valence-electron chi connectivity index (χ3n) is 2.89. The van der Waals surface area contributed by atoms with Crippen LogP contribution < -0.4 is 5.43 Å². The van der Waals surface area contributed by atoms with Gasteiger partial charge in [0.1, 0.15) is 21.1 Å². The first-order valence-electron chi connectivity index (χ1n) is 5.31. The highest BCUT2D eigenvalue weighted by Crippen LogP contribution is 2.39. The van der Waals surface area contributed by atoms with Gasteiger partial charge in [-0.2, -0.15) is 5.26 Å². The van der Waals surface area contributed by atoms with Gasteiger partial charge in [0, 0.05) is 12.1 Å². The molecule has 0 aliphatic rings. The van der Waals surface area contributed by atoms with E-state index in [0.717, 1.165) is 9.40 Å². The van der Waals surface area contributed by atoms with Gasteiger partial charge < -0.3 is 0 Å². The molecule has 0 aliphatic heterocycles. The van der Waals surface area contributed by atoms with Crippen molar-refractivity contribution in [2.45, 2.75) is 0 Å². The van der Waals surface area contributed by atoms with E-state index in [1.807, 2.05) is 24.3 Å². The van der Waals surface area contributed by atoms with Crippen LogP contribution in [0.5, 0.6) is 0 Å². The van der Waals surface area contributed by atoms with Crippen LogP contribution >= 0.6 is 20.4 Å². The van der Waals surface area contributed by atoms with Crippen molar-refractivity contribution < 1.29 is 0 Å². The Kier molecular flexibility index (Phi) is 2.55. The molecule has 86 valence electrons.